The van der Waals surface area contributed by atoms with Crippen molar-refractivity contribution in [2.45, 2.75) is 11.3 Å². The summed E-state index contributed by atoms with van der Waals surface area (Å²) in [5.74, 6) is 0.708. The molecule has 0 atom stereocenters. The Morgan fingerprint density at radius 1 is 1.48 bits per heavy atom. The van der Waals surface area contributed by atoms with Gasteiger partial charge >= 0.3 is 0 Å². The Bertz CT molecular complexity index is 745. The Morgan fingerprint density at radius 2 is 2.24 bits per heavy atom. The van der Waals surface area contributed by atoms with E-state index >= 15 is 0 Å². The van der Waals surface area contributed by atoms with Crippen LogP contribution in [-0.2, 0) is 16.4 Å². The molecule has 2 rings (SSSR count). The zero-order chi connectivity index (χ0) is 15.5. The van der Waals surface area contributed by atoms with Crippen molar-refractivity contribution < 1.29 is 8.42 Å². The molecule has 1 heterocycles. The van der Waals surface area contributed by atoms with Gasteiger partial charge in [-0.1, -0.05) is 23.8 Å². The van der Waals surface area contributed by atoms with Crippen LogP contribution in [0, 0.1) is 0 Å². The van der Waals surface area contributed by atoms with Crippen LogP contribution in [0.25, 0.3) is 0 Å². The Hall–Kier alpha value is -1.48. The van der Waals surface area contributed by atoms with Crippen LogP contribution in [0.1, 0.15) is 11.4 Å². The van der Waals surface area contributed by atoms with Gasteiger partial charge in [0.1, 0.15) is 10.8 Å². The summed E-state index contributed by atoms with van der Waals surface area (Å²) in [6.45, 7) is 0.227. The van der Waals surface area contributed by atoms with Crippen molar-refractivity contribution in [3.63, 3.8) is 0 Å². The molecule has 112 valence electrons. The lowest BCUT2D eigenvalue weighted by molar-refractivity contribution is 0.581. The minimum atomic E-state index is -3.64. The van der Waals surface area contributed by atoms with Crippen molar-refractivity contribution in [3.05, 3.63) is 47.0 Å². The minimum Gasteiger partial charge on any atom is -0.389 e. The zero-order valence-corrected chi connectivity index (χ0v) is 13.2. The van der Waals surface area contributed by atoms with Gasteiger partial charge in [0.15, 0.2) is 0 Å². The van der Waals surface area contributed by atoms with E-state index in [2.05, 4.69) is 14.7 Å². The first-order chi connectivity index (χ1) is 9.90. The van der Waals surface area contributed by atoms with Gasteiger partial charge < -0.3 is 10.7 Å². The monoisotopic (exact) mass is 344 g/mol. The number of nitrogens with one attached hydrogen (secondary N) is 2. The first-order valence-corrected chi connectivity index (χ1v) is 8.24. The molecule has 0 aliphatic carbocycles. The molecule has 1 aromatic heterocycles. The third-order valence-corrected chi connectivity index (χ3v) is 4.72. The predicted octanol–water partition coefficient (Wildman–Crippen LogP) is 1.22. The molecule has 0 spiro atoms. The average molecular weight is 345 g/mol. The topological polar surface area (TPSA) is 101 Å². The van der Waals surface area contributed by atoms with E-state index in [1.54, 1.807) is 12.4 Å². The van der Waals surface area contributed by atoms with Gasteiger partial charge in [-0.2, -0.15) is 0 Å². The van der Waals surface area contributed by atoms with Crippen LogP contribution in [0.3, 0.4) is 0 Å². The summed E-state index contributed by atoms with van der Waals surface area (Å²) in [5.41, 5.74) is 5.93. The number of hydrogen-bond acceptors (Lipinski definition) is 4. The number of sulfonamides is 1. The van der Waals surface area contributed by atoms with E-state index in [1.165, 1.54) is 18.2 Å². The molecule has 6 nitrogen and oxygen atoms in total. The van der Waals surface area contributed by atoms with Crippen LogP contribution in [0.2, 0.25) is 5.02 Å². The predicted molar refractivity (Wildman–Crippen MR) is 84.8 cm³/mol. The van der Waals surface area contributed by atoms with E-state index in [0.717, 1.165) is 0 Å². The fraction of sp³-hybridized carbons (Fsp3) is 0.167. The van der Waals surface area contributed by atoms with E-state index < -0.39 is 10.0 Å². The van der Waals surface area contributed by atoms with Crippen molar-refractivity contribution in [1.29, 1.82) is 0 Å². The number of aromatic nitrogens is 2. The third-order valence-electron chi connectivity index (χ3n) is 2.73. The van der Waals surface area contributed by atoms with Crippen molar-refractivity contribution in [3.8, 4) is 0 Å². The molecular weight excluding hydrogens is 332 g/mol. The van der Waals surface area contributed by atoms with Gasteiger partial charge in [-0.15, -0.1) is 0 Å². The Morgan fingerprint density at radius 3 is 2.81 bits per heavy atom. The highest BCUT2D eigenvalue weighted by Gasteiger charge is 2.16. The van der Waals surface area contributed by atoms with Gasteiger partial charge in [0.05, 0.1) is 9.92 Å². The van der Waals surface area contributed by atoms with E-state index in [1.807, 2.05) is 0 Å². The van der Waals surface area contributed by atoms with Gasteiger partial charge in [-0.05, 0) is 18.2 Å². The van der Waals surface area contributed by atoms with Crippen LogP contribution in [0.5, 0.6) is 0 Å². The fourth-order valence-electron chi connectivity index (χ4n) is 1.68. The summed E-state index contributed by atoms with van der Waals surface area (Å²) < 4.78 is 26.7. The Balaban J connectivity index is 2.08. The standard InChI is InChI=1S/C12H13ClN4O2S2/c13-10-7-8(1-2-9(10)12(14)20)21(18,19)17-4-3-11-15-5-6-16-11/h1-2,5-7,17H,3-4H2,(H2,14,20)(H,15,16). The molecule has 0 saturated heterocycles. The third kappa shape index (κ3) is 4.01. The van der Waals surface area contributed by atoms with Gasteiger partial charge in [-0.3, -0.25) is 0 Å². The van der Waals surface area contributed by atoms with E-state index in [9.17, 15) is 8.42 Å². The van der Waals surface area contributed by atoms with Crippen molar-refractivity contribution in [2.75, 3.05) is 6.54 Å². The summed E-state index contributed by atoms with van der Waals surface area (Å²) >= 11 is 10.8. The van der Waals surface area contributed by atoms with Gasteiger partial charge in [-0.25, -0.2) is 18.1 Å². The van der Waals surface area contributed by atoms with E-state index in [0.29, 0.717) is 17.8 Å². The van der Waals surface area contributed by atoms with Crippen molar-refractivity contribution in [1.82, 2.24) is 14.7 Å². The molecule has 0 aliphatic heterocycles. The van der Waals surface area contributed by atoms with E-state index in [-0.39, 0.29) is 21.5 Å². The zero-order valence-electron chi connectivity index (χ0n) is 10.8. The van der Waals surface area contributed by atoms with Crippen LogP contribution in [-0.4, -0.2) is 29.9 Å². The SMILES string of the molecule is NC(=S)c1ccc(S(=O)(=O)NCCc2ncc[nH]2)cc1Cl. The van der Waals surface area contributed by atoms with Crippen LogP contribution in [0.15, 0.2) is 35.5 Å². The van der Waals surface area contributed by atoms with Crippen LogP contribution >= 0.6 is 23.8 Å². The second-order valence-electron chi connectivity index (χ2n) is 4.19. The van der Waals surface area contributed by atoms with Crippen LogP contribution in [0.4, 0.5) is 0 Å². The molecule has 21 heavy (non-hydrogen) atoms. The Labute approximate surface area is 132 Å². The van der Waals surface area contributed by atoms with E-state index in [4.69, 9.17) is 29.6 Å². The maximum atomic E-state index is 12.1. The largest absolute Gasteiger partial charge is 0.389 e. The minimum absolute atomic E-state index is 0.0620. The van der Waals surface area contributed by atoms with Gasteiger partial charge in [0.25, 0.3) is 0 Å². The molecule has 0 unspecified atom stereocenters. The molecule has 2 aromatic rings. The average Bonchev–Trinajstić information content (AvgIpc) is 2.91. The second-order valence-corrected chi connectivity index (χ2v) is 6.80. The highest BCUT2D eigenvalue weighted by molar-refractivity contribution is 7.89. The maximum absolute atomic E-state index is 12.1. The molecule has 0 radical (unpaired) electrons. The quantitative estimate of drug-likeness (QED) is 0.684. The number of nitrogens with two attached hydrogens (primary N) is 1. The maximum Gasteiger partial charge on any atom is 0.240 e. The highest BCUT2D eigenvalue weighted by Crippen LogP contribution is 2.20. The molecule has 0 aliphatic rings. The summed E-state index contributed by atoms with van der Waals surface area (Å²) in [7, 11) is -3.64. The molecule has 0 saturated carbocycles. The molecule has 0 fully saturated rings. The Kier molecular flexibility index (Phi) is 4.94. The first-order valence-electron chi connectivity index (χ1n) is 5.97. The summed E-state index contributed by atoms with van der Waals surface area (Å²) in [5, 5.41) is 0.205. The fourth-order valence-corrected chi connectivity index (χ4v) is 3.32. The smallest absolute Gasteiger partial charge is 0.240 e. The number of thiocarbonyl (C=S) groups is 1. The number of imidazole rings is 1. The van der Waals surface area contributed by atoms with Crippen molar-refractivity contribution in [2.24, 2.45) is 5.73 Å². The molecule has 0 bridgehead atoms. The van der Waals surface area contributed by atoms with Crippen molar-refractivity contribution >= 4 is 38.8 Å². The number of hydrogen-bond donors (Lipinski definition) is 3. The number of halogens is 1. The second kappa shape index (κ2) is 6.52. The molecule has 1 aromatic carbocycles. The summed E-state index contributed by atoms with van der Waals surface area (Å²) in [4.78, 5) is 7.09. The summed E-state index contributed by atoms with van der Waals surface area (Å²) in [6.07, 6.45) is 3.75. The number of rotatable bonds is 6. The molecule has 4 N–H and O–H groups in total. The number of H-pyrrole nitrogens is 1. The molecule has 0 amide bonds. The first kappa shape index (κ1) is 15.9. The molecular formula is C12H13ClN4O2S2. The highest BCUT2D eigenvalue weighted by atomic mass is 35.5. The lowest BCUT2D eigenvalue weighted by Crippen LogP contribution is -2.26. The number of aromatic amines is 1. The van der Waals surface area contributed by atoms with Gasteiger partial charge in [0.2, 0.25) is 10.0 Å². The lowest BCUT2D eigenvalue weighted by Gasteiger charge is -2.08. The number of nitrogens with zero attached hydrogens (tertiary/aromatic N) is 1. The summed E-state index contributed by atoms with van der Waals surface area (Å²) in [6, 6.07) is 4.23. The number of benzene rings is 1. The lowest BCUT2D eigenvalue weighted by atomic mass is 10.2. The van der Waals surface area contributed by atoms with Gasteiger partial charge in [0, 0.05) is 30.9 Å². The molecule has 9 heteroatoms. The van der Waals surface area contributed by atoms with Crippen LogP contribution < -0.4 is 10.5 Å². The normalized spacial score (nSPS) is 11.5.